The summed E-state index contributed by atoms with van der Waals surface area (Å²) in [5.41, 5.74) is 0. The predicted molar refractivity (Wildman–Crippen MR) is 68.9 cm³/mol. The van der Waals surface area contributed by atoms with Crippen molar-refractivity contribution < 1.29 is 47.9 Å². The number of halogens is 2. The van der Waals surface area contributed by atoms with Gasteiger partial charge in [-0.1, -0.05) is 0 Å². The van der Waals surface area contributed by atoms with E-state index < -0.39 is 41.4 Å². The van der Waals surface area contributed by atoms with Crippen molar-refractivity contribution in [3.63, 3.8) is 0 Å². The third-order valence-electron chi connectivity index (χ3n) is 1.42. The van der Waals surface area contributed by atoms with Gasteiger partial charge in [0.25, 0.3) is 0 Å². The summed E-state index contributed by atoms with van der Waals surface area (Å²) in [5, 5.41) is 43.5. The molecule has 0 unspecified atom stereocenters. The molecule has 0 saturated heterocycles. The van der Waals surface area contributed by atoms with E-state index in [-0.39, 0.29) is 35.7 Å². The maximum absolute atomic E-state index is 9.90. The molecular formula is C6H16BrClO10S. The molecule has 19 heavy (non-hydrogen) atoms. The van der Waals surface area contributed by atoms with Crippen molar-refractivity contribution in [2.45, 2.75) is 24.4 Å². The van der Waals surface area contributed by atoms with Gasteiger partial charge in [-0.15, -0.1) is 29.4 Å². The standard InChI is InChI=1S/C6H12O6.BrH.ClH.H2O4S/c7-1-3(9)5(11)6(12)4(10)2-8;;;1-5(2,3)4/h1,3-6,8-12H,2H2;2*1H;(H2,1,2,3,4)/t3-,4+,5+,6+;;;/m0.../s1. The quantitative estimate of drug-likeness (QED) is 0.186. The van der Waals surface area contributed by atoms with Crippen LogP contribution in [0.2, 0.25) is 0 Å². The topological polar surface area (TPSA) is 193 Å². The lowest BCUT2D eigenvalue weighted by Gasteiger charge is -2.22. The lowest BCUT2D eigenvalue weighted by atomic mass is 10.0. The molecule has 0 radical (unpaired) electrons. The smallest absolute Gasteiger partial charge is 0.394 e. The number of carbonyl (C=O) groups is 1. The maximum atomic E-state index is 9.90. The molecule has 0 fully saturated rings. The minimum atomic E-state index is -4.67. The van der Waals surface area contributed by atoms with Crippen LogP contribution in [0.4, 0.5) is 0 Å². The Hall–Kier alpha value is 0.110. The number of hydrogen-bond acceptors (Lipinski definition) is 8. The molecule has 0 spiro atoms. The van der Waals surface area contributed by atoms with Crippen LogP contribution in [0.15, 0.2) is 0 Å². The zero-order chi connectivity index (χ0) is 14.2. The van der Waals surface area contributed by atoms with E-state index in [4.69, 9.17) is 43.1 Å². The third-order valence-corrected chi connectivity index (χ3v) is 1.42. The summed E-state index contributed by atoms with van der Waals surface area (Å²) in [6, 6.07) is 0. The Morgan fingerprint density at radius 2 is 1.32 bits per heavy atom. The van der Waals surface area contributed by atoms with E-state index in [1.807, 2.05) is 0 Å². The minimum absolute atomic E-state index is 0. The molecule has 7 N–H and O–H groups in total. The second-order valence-electron chi connectivity index (χ2n) is 2.81. The van der Waals surface area contributed by atoms with Crippen molar-refractivity contribution in [1.82, 2.24) is 0 Å². The summed E-state index contributed by atoms with van der Waals surface area (Å²) in [4.78, 5) is 9.90. The molecular weight excluding hydrogens is 379 g/mol. The van der Waals surface area contributed by atoms with E-state index in [0.717, 1.165) is 0 Å². The van der Waals surface area contributed by atoms with Crippen LogP contribution < -0.4 is 0 Å². The fourth-order valence-electron chi connectivity index (χ4n) is 0.618. The molecule has 0 bridgehead atoms. The highest BCUT2D eigenvalue weighted by Gasteiger charge is 2.29. The zero-order valence-corrected chi connectivity index (χ0v) is 12.5. The van der Waals surface area contributed by atoms with Gasteiger partial charge in [-0.25, -0.2) is 0 Å². The molecule has 0 aromatic rings. The van der Waals surface area contributed by atoms with Crippen LogP contribution in [0.3, 0.4) is 0 Å². The number of rotatable bonds is 5. The van der Waals surface area contributed by atoms with Crippen LogP contribution in [0, 0.1) is 0 Å². The minimum Gasteiger partial charge on any atom is -0.394 e. The molecule has 4 atom stereocenters. The van der Waals surface area contributed by atoms with Crippen LogP contribution in [0.25, 0.3) is 0 Å². The summed E-state index contributed by atoms with van der Waals surface area (Å²) in [6.45, 7) is -0.760. The van der Waals surface area contributed by atoms with Crippen LogP contribution in [-0.4, -0.2) is 80.4 Å². The van der Waals surface area contributed by atoms with Crippen LogP contribution in [0.1, 0.15) is 0 Å². The number of hydrogen-bond donors (Lipinski definition) is 7. The number of aldehydes is 1. The summed E-state index contributed by atoms with van der Waals surface area (Å²) < 4.78 is 31.6. The van der Waals surface area contributed by atoms with E-state index in [0.29, 0.717) is 0 Å². The van der Waals surface area contributed by atoms with Gasteiger partial charge in [-0.2, -0.15) is 8.42 Å². The molecule has 0 heterocycles. The average molecular weight is 396 g/mol. The third kappa shape index (κ3) is 18.1. The predicted octanol–water partition coefficient (Wildman–Crippen LogP) is -3.03. The van der Waals surface area contributed by atoms with Crippen LogP contribution in [-0.2, 0) is 15.2 Å². The van der Waals surface area contributed by atoms with E-state index in [1.54, 1.807) is 0 Å². The van der Waals surface area contributed by atoms with Crippen molar-refractivity contribution in [2.24, 2.45) is 0 Å². The fraction of sp³-hybridized carbons (Fsp3) is 0.833. The monoisotopic (exact) mass is 394 g/mol. The molecule has 0 saturated carbocycles. The van der Waals surface area contributed by atoms with Crippen molar-refractivity contribution in [3.05, 3.63) is 0 Å². The molecule has 0 aliphatic carbocycles. The van der Waals surface area contributed by atoms with Crippen LogP contribution in [0.5, 0.6) is 0 Å². The Morgan fingerprint density at radius 1 is 1.00 bits per heavy atom. The van der Waals surface area contributed by atoms with Crippen molar-refractivity contribution in [3.8, 4) is 0 Å². The Balaban J connectivity index is -0.000000139. The summed E-state index contributed by atoms with van der Waals surface area (Å²) in [5.74, 6) is 0. The number of carbonyl (C=O) groups excluding carboxylic acids is 1. The Morgan fingerprint density at radius 3 is 1.53 bits per heavy atom. The molecule has 0 aromatic heterocycles. The zero-order valence-electron chi connectivity index (χ0n) is 9.17. The first-order valence-corrected chi connectivity index (χ1v) is 5.42. The second kappa shape index (κ2) is 13.1. The normalized spacial score (nSPS) is 16.4. The van der Waals surface area contributed by atoms with E-state index in [9.17, 15) is 4.79 Å². The first-order valence-electron chi connectivity index (χ1n) is 4.02. The molecule has 0 amide bonds. The molecule has 0 aromatic carbocycles. The Labute approximate surface area is 125 Å². The number of aliphatic hydroxyl groups excluding tert-OH is 5. The molecule has 0 aliphatic rings. The first-order chi connectivity index (χ1) is 7.54. The highest BCUT2D eigenvalue weighted by Crippen LogP contribution is 2.02. The summed E-state index contributed by atoms with van der Waals surface area (Å²) >= 11 is 0. The van der Waals surface area contributed by atoms with Gasteiger partial charge in [0, 0.05) is 0 Å². The average Bonchev–Trinajstić information content (AvgIpc) is 2.22. The lowest BCUT2D eigenvalue weighted by molar-refractivity contribution is -0.136. The van der Waals surface area contributed by atoms with Gasteiger partial charge in [-0.05, 0) is 0 Å². The molecule has 10 nitrogen and oxygen atoms in total. The highest BCUT2D eigenvalue weighted by molar-refractivity contribution is 8.93. The van der Waals surface area contributed by atoms with Gasteiger partial charge >= 0.3 is 10.4 Å². The van der Waals surface area contributed by atoms with Gasteiger partial charge < -0.3 is 30.3 Å². The van der Waals surface area contributed by atoms with E-state index >= 15 is 0 Å². The van der Waals surface area contributed by atoms with Gasteiger partial charge in [-0.3, -0.25) is 9.11 Å². The van der Waals surface area contributed by atoms with Gasteiger partial charge in [0.1, 0.15) is 24.4 Å². The van der Waals surface area contributed by atoms with Crippen LogP contribution >= 0.6 is 29.4 Å². The van der Waals surface area contributed by atoms with Gasteiger partial charge in [0.15, 0.2) is 6.29 Å². The van der Waals surface area contributed by atoms with Crippen molar-refractivity contribution >= 4 is 46.1 Å². The second-order valence-corrected chi connectivity index (χ2v) is 3.70. The van der Waals surface area contributed by atoms with Crippen molar-refractivity contribution in [2.75, 3.05) is 6.61 Å². The highest BCUT2D eigenvalue weighted by atomic mass is 79.9. The van der Waals surface area contributed by atoms with E-state index in [1.165, 1.54) is 0 Å². The molecule has 13 heteroatoms. The maximum Gasteiger partial charge on any atom is 0.394 e. The van der Waals surface area contributed by atoms with Gasteiger partial charge in [0.05, 0.1) is 6.61 Å². The number of aliphatic hydroxyl groups is 5. The summed E-state index contributed by atoms with van der Waals surface area (Å²) in [6.07, 6.45) is -6.84. The Bertz CT molecular complexity index is 303. The lowest BCUT2D eigenvalue weighted by Crippen LogP contribution is -2.46. The van der Waals surface area contributed by atoms with Crippen molar-refractivity contribution in [1.29, 1.82) is 0 Å². The fourth-order valence-corrected chi connectivity index (χ4v) is 0.618. The SMILES string of the molecule is Br.Cl.O=C[C@H](O)[C@@H](O)[C@H](O)[C@H](O)CO.O=S(=O)(O)O. The molecule has 0 aliphatic heterocycles. The largest absolute Gasteiger partial charge is 0.394 e. The molecule has 120 valence electrons. The van der Waals surface area contributed by atoms with Gasteiger partial charge in [0.2, 0.25) is 0 Å². The summed E-state index contributed by atoms with van der Waals surface area (Å²) in [7, 11) is -4.67. The Kier molecular flexibility index (Phi) is 18.9. The van der Waals surface area contributed by atoms with E-state index in [2.05, 4.69) is 0 Å². The first kappa shape index (κ1) is 27.5. The molecule has 0 rings (SSSR count).